The van der Waals surface area contributed by atoms with E-state index in [0.717, 1.165) is 37.6 Å². The fraction of sp³-hybridized carbons (Fsp3) is 0.381. The van der Waals surface area contributed by atoms with Crippen molar-refractivity contribution in [1.29, 1.82) is 0 Å². The molecule has 6 heteroatoms. The molecule has 0 bridgehead atoms. The summed E-state index contributed by atoms with van der Waals surface area (Å²) in [6.45, 7) is 4.26. The molecule has 0 aromatic heterocycles. The molecule has 2 aromatic carbocycles. The van der Waals surface area contributed by atoms with Crippen molar-refractivity contribution in [3.8, 4) is 5.75 Å². The maximum absolute atomic E-state index is 13.8. The van der Waals surface area contributed by atoms with Crippen molar-refractivity contribution in [2.45, 2.75) is 6.54 Å². The maximum Gasteiger partial charge on any atom is 0.277 e. The van der Waals surface area contributed by atoms with Gasteiger partial charge >= 0.3 is 0 Å². The standard InChI is InChI=1S/C21H26FN3O2/c1-23(15-17-7-3-4-8-18(17)22)21(26)16-24-11-13-25(14-12-24)19-9-5-6-10-20(19)27-2/h3-10H,11-16H2,1-2H3/p+1. The number of para-hydroxylation sites is 2. The number of carbonyl (C=O) groups is 1. The first-order valence-corrected chi connectivity index (χ1v) is 9.27. The van der Waals surface area contributed by atoms with Crippen molar-refractivity contribution in [2.75, 3.05) is 51.8 Å². The van der Waals surface area contributed by atoms with Gasteiger partial charge in [-0.25, -0.2) is 4.39 Å². The van der Waals surface area contributed by atoms with Crippen LogP contribution in [0.2, 0.25) is 0 Å². The van der Waals surface area contributed by atoms with E-state index in [1.807, 2.05) is 18.2 Å². The molecule has 1 aliphatic heterocycles. The lowest BCUT2D eigenvalue weighted by molar-refractivity contribution is -0.892. The topological polar surface area (TPSA) is 37.2 Å². The van der Waals surface area contributed by atoms with E-state index in [1.54, 1.807) is 37.3 Å². The second-order valence-electron chi connectivity index (χ2n) is 6.93. The Labute approximate surface area is 159 Å². The number of nitrogens with one attached hydrogen (secondary N) is 1. The van der Waals surface area contributed by atoms with Crippen LogP contribution >= 0.6 is 0 Å². The number of amides is 1. The number of methoxy groups -OCH3 is 1. The minimum Gasteiger partial charge on any atom is -0.495 e. The number of rotatable bonds is 6. The van der Waals surface area contributed by atoms with Gasteiger partial charge in [-0.3, -0.25) is 4.79 Å². The van der Waals surface area contributed by atoms with Gasteiger partial charge in [-0.1, -0.05) is 30.3 Å². The molecule has 5 nitrogen and oxygen atoms in total. The summed E-state index contributed by atoms with van der Waals surface area (Å²) in [5.74, 6) is 0.649. The first kappa shape index (κ1) is 19.2. The van der Waals surface area contributed by atoms with Gasteiger partial charge in [0.05, 0.1) is 39.0 Å². The Morgan fingerprint density at radius 1 is 1.15 bits per heavy atom. The highest BCUT2D eigenvalue weighted by molar-refractivity contribution is 5.76. The van der Waals surface area contributed by atoms with Crippen LogP contribution in [0.4, 0.5) is 10.1 Å². The highest BCUT2D eigenvalue weighted by atomic mass is 19.1. The largest absolute Gasteiger partial charge is 0.495 e. The van der Waals surface area contributed by atoms with E-state index in [1.165, 1.54) is 11.0 Å². The van der Waals surface area contributed by atoms with Gasteiger partial charge in [0.2, 0.25) is 0 Å². The number of nitrogens with zero attached hydrogens (tertiary/aromatic N) is 2. The average molecular weight is 372 g/mol. The van der Waals surface area contributed by atoms with Crippen molar-refractivity contribution in [2.24, 2.45) is 0 Å². The molecule has 144 valence electrons. The Bertz CT molecular complexity index is 776. The van der Waals surface area contributed by atoms with Gasteiger partial charge in [-0.2, -0.15) is 0 Å². The molecular weight excluding hydrogens is 345 g/mol. The molecule has 0 radical (unpaired) electrons. The van der Waals surface area contributed by atoms with Gasteiger partial charge in [-0.15, -0.1) is 0 Å². The van der Waals surface area contributed by atoms with E-state index >= 15 is 0 Å². The molecule has 1 N–H and O–H groups in total. The lowest BCUT2D eigenvalue weighted by Crippen LogP contribution is -3.15. The molecule has 0 aliphatic carbocycles. The lowest BCUT2D eigenvalue weighted by atomic mass is 10.2. The van der Waals surface area contributed by atoms with Crippen molar-refractivity contribution in [1.82, 2.24) is 4.90 Å². The predicted molar refractivity (Wildman–Crippen MR) is 104 cm³/mol. The monoisotopic (exact) mass is 372 g/mol. The normalized spacial score (nSPS) is 14.9. The SMILES string of the molecule is COc1ccccc1N1CC[NH+](CC(=O)N(C)Cc2ccccc2F)CC1. The molecule has 1 heterocycles. The van der Waals surface area contributed by atoms with Crippen LogP contribution in [0.3, 0.4) is 0 Å². The van der Waals surface area contributed by atoms with E-state index in [4.69, 9.17) is 4.74 Å². The van der Waals surface area contributed by atoms with Crippen LogP contribution in [0.5, 0.6) is 5.75 Å². The molecule has 1 saturated heterocycles. The lowest BCUT2D eigenvalue weighted by Gasteiger charge is -2.34. The second-order valence-corrected chi connectivity index (χ2v) is 6.93. The molecule has 0 saturated carbocycles. The van der Waals surface area contributed by atoms with Gasteiger partial charge < -0.3 is 19.4 Å². The summed E-state index contributed by atoms with van der Waals surface area (Å²) in [6.07, 6.45) is 0. The number of quaternary nitrogens is 1. The highest BCUT2D eigenvalue weighted by Gasteiger charge is 2.25. The van der Waals surface area contributed by atoms with E-state index in [9.17, 15) is 9.18 Å². The Hall–Kier alpha value is -2.60. The third-order valence-corrected chi connectivity index (χ3v) is 5.09. The number of anilines is 1. The minimum absolute atomic E-state index is 0.0407. The number of benzene rings is 2. The highest BCUT2D eigenvalue weighted by Crippen LogP contribution is 2.27. The average Bonchev–Trinajstić information content (AvgIpc) is 2.70. The van der Waals surface area contributed by atoms with Crippen molar-refractivity contribution < 1.29 is 18.8 Å². The number of piperazine rings is 1. The molecule has 0 atom stereocenters. The minimum atomic E-state index is -0.269. The number of carbonyl (C=O) groups excluding carboxylic acids is 1. The molecule has 1 aliphatic rings. The van der Waals surface area contributed by atoms with Crippen LogP contribution < -0.4 is 14.5 Å². The van der Waals surface area contributed by atoms with Crippen LogP contribution in [-0.4, -0.2) is 57.7 Å². The molecule has 0 spiro atoms. The van der Waals surface area contributed by atoms with Gasteiger partial charge in [0.1, 0.15) is 11.6 Å². The van der Waals surface area contributed by atoms with Crippen molar-refractivity contribution >= 4 is 11.6 Å². The number of hydrogen-bond donors (Lipinski definition) is 1. The zero-order valence-corrected chi connectivity index (χ0v) is 16.0. The number of likely N-dealkylation sites (N-methyl/N-ethyl adjacent to an activating group) is 1. The Morgan fingerprint density at radius 3 is 2.52 bits per heavy atom. The molecule has 1 fully saturated rings. The maximum atomic E-state index is 13.8. The van der Waals surface area contributed by atoms with Gasteiger partial charge in [0, 0.05) is 19.2 Å². The Morgan fingerprint density at radius 2 is 1.81 bits per heavy atom. The predicted octanol–water partition coefficient (Wildman–Crippen LogP) is 1.20. The van der Waals surface area contributed by atoms with Crippen LogP contribution in [0.15, 0.2) is 48.5 Å². The zero-order chi connectivity index (χ0) is 19.2. The van der Waals surface area contributed by atoms with E-state index < -0.39 is 0 Å². The molecule has 2 aromatic rings. The zero-order valence-electron chi connectivity index (χ0n) is 16.0. The molecule has 27 heavy (non-hydrogen) atoms. The van der Waals surface area contributed by atoms with E-state index in [0.29, 0.717) is 18.7 Å². The van der Waals surface area contributed by atoms with E-state index in [-0.39, 0.29) is 11.7 Å². The van der Waals surface area contributed by atoms with E-state index in [2.05, 4.69) is 11.0 Å². The van der Waals surface area contributed by atoms with Crippen LogP contribution in [-0.2, 0) is 11.3 Å². The molecule has 1 amide bonds. The van der Waals surface area contributed by atoms with Gasteiger partial charge in [-0.05, 0) is 18.2 Å². The third kappa shape index (κ3) is 4.77. The summed E-state index contributed by atoms with van der Waals surface area (Å²) in [5, 5.41) is 0. The molecule has 0 unspecified atom stereocenters. The summed E-state index contributed by atoms with van der Waals surface area (Å²) in [4.78, 5) is 17.7. The van der Waals surface area contributed by atoms with Crippen LogP contribution in [0.25, 0.3) is 0 Å². The summed E-state index contributed by atoms with van der Waals surface area (Å²) < 4.78 is 19.2. The second kappa shape index (κ2) is 8.86. The molecule has 3 rings (SSSR count). The summed E-state index contributed by atoms with van der Waals surface area (Å²) in [7, 11) is 3.42. The van der Waals surface area contributed by atoms with Gasteiger partial charge in [0.25, 0.3) is 5.91 Å². The fourth-order valence-electron chi connectivity index (χ4n) is 3.45. The fourth-order valence-corrected chi connectivity index (χ4v) is 3.45. The third-order valence-electron chi connectivity index (χ3n) is 5.09. The quantitative estimate of drug-likeness (QED) is 0.828. The number of halogens is 1. The summed E-state index contributed by atoms with van der Waals surface area (Å²) >= 11 is 0. The van der Waals surface area contributed by atoms with Crippen molar-refractivity contribution in [3.63, 3.8) is 0 Å². The van der Waals surface area contributed by atoms with Crippen LogP contribution in [0.1, 0.15) is 5.56 Å². The van der Waals surface area contributed by atoms with Crippen molar-refractivity contribution in [3.05, 3.63) is 59.9 Å². The Balaban J connectivity index is 1.51. The van der Waals surface area contributed by atoms with Crippen LogP contribution in [0, 0.1) is 5.82 Å². The Kier molecular flexibility index (Phi) is 6.29. The number of hydrogen-bond acceptors (Lipinski definition) is 3. The summed E-state index contributed by atoms with van der Waals surface area (Å²) in [5.41, 5.74) is 1.64. The summed E-state index contributed by atoms with van der Waals surface area (Å²) in [6, 6.07) is 14.6. The number of ether oxygens (including phenoxy) is 1. The smallest absolute Gasteiger partial charge is 0.277 e. The van der Waals surface area contributed by atoms with Gasteiger partial charge in [0.15, 0.2) is 6.54 Å². The molecular formula is C21H27FN3O2+. The first-order chi connectivity index (χ1) is 13.1. The first-order valence-electron chi connectivity index (χ1n) is 9.27.